The van der Waals surface area contributed by atoms with Gasteiger partial charge in [0.2, 0.25) is 0 Å². The number of unbranched alkanes of at least 4 members (excludes halogenated alkanes) is 1. The normalized spacial score (nSPS) is 13.4. The van der Waals surface area contributed by atoms with Gasteiger partial charge in [0.25, 0.3) is 5.91 Å². The van der Waals surface area contributed by atoms with Gasteiger partial charge in [0, 0.05) is 12.3 Å². The molecule has 4 heteroatoms. The van der Waals surface area contributed by atoms with Crippen LogP contribution in [-0.2, 0) is 9.53 Å². The van der Waals surface area contributed by atoms with Gasteiger partial charge in [-0.1, -0.05) is 33.6 Å². The van der Waals surface area contributed by atoms with Gasteiger partial charge in [-0.2, -0.15) is 0 Å². The summed E-state index contributed by atoms with van der Waals surface area (Å²) in [5, 5.41) is 2.99. The van der Waals surface area contributed by atoms with Crippen molar-refractivity contribution in [3.8, 4) is 5.75 Å². The summed E-state index contributed by atoms with van der Waals surface area (Å²) >= 11 is 0. The topological polar surface area (TPSA) is 47.6 Å². The molecule has 0 aliphatic rings. The number of nitrogens with one attached hydrogen (secondary N) is 1. The maximum absolute atomic E-state index is 12.7. The number of rotatable bonds is 11. The molecule has 1 N–H and O–H groups in total. The van der Waals surface area contributed by atoms with E-state index < -0.39 is 5.60 Å². The van der Waals surface area contributed by atoms with Crippen LogP contribution in [0.3, 0.4) is 0 Å². The Bertz CT molecular complexity index is 516. The van der Waals surface area contributed by atoms with Crippen molar-refractivity contribution in [2.75, 3.05) is 18.5 Å². The molecule has 0 fully saturated rings. The molecule has 0 saturated carbocycles. The molecule has 4 nitrogen and oxygen atoms in total. The summed E-state index contributed by atoms with van der Waals surface area (Å²) in [4.78, 5) is 12.7. The van der Waals surface area contributed by atoms with E-state index >= 15 is 0 Å². The predicted octanol–water partition coefficient (Wildman–Crippen LogP) is 5.10. The van der Waals surface area contributed by atoms with Crippen molar-refractivity contribution in [2.24, 2.45) is 0 Å². The third-order valence-corrected chi connectivity index (χ3v) is 4.02. The van der Waals surface area contributed by atoms with Gasteiger partial charge in [-0.3, -0.25) is 4.79 Å². The monoisotopic (exact) mass is 335 g/mol. The van der Waals surface area contributed by atoms with Crippen LogP contribution in [0, 0.1) is 6.92 Å². The molecule has 136 valence electrons. The zero-order valence-corrected chi connectivity index (χ0v) is 15.9. The molecule has 24 heavy (non-hydrogen) atoms. The first-order valence-electron chi connectivity index (χ1n) is 9.15. The Kier molecular flexibility index (Phi) is 8.83. The summed E-state index contributed by atoms with van der Waals surface area (Å²) in [6.45, 7) is 11.4. The summed E-state index contributed by atoms with van der Waals surface area (Å²) < 4.78 is 11.6. The second-order valence-electron chi connectivity index (χ2n) is 6.47. The molecule has 0 radical (unpaired) electrons. The third kappa shape index (κ3) is 6.16. The van der Waals surface area contributed by atoms with E-state index in [0.717, 1.165) is 49.3 Å². The Balaban J connectivity index is 2.76. The molecule has 1 aromatic carbocycles. The fourth-order valence-electron chi connectivity index (χ4n) is 2.53. The predicted molar refractivity (Wildman–Crippen MR) is 99.8 cm³/mol. The summed E-state index contributed by atoms with van der Waals surface area (Å²) in [7, 11) is 0. The number of benzene rings is 1. The van der Waals surface area contributed by atoms with Gasteiger partial charge in [-0.05, 0) is 56.9 Å². The van der Waals surface area contributed by atoms with Crippen molar-refractivity contribution < 1.29 is 14.3 Å². The zero-order chi connectivity index (χ0) is 18.0. The molecule has 1 rings (SSSR count). The van der Waals surface area contributed by atoms with Crippen molar-refractivity contribution in [1.82, 2.24) is 0 Å². The summed E-state index contributed by atoms with van der Waals surface area (Å²) in [6.07, 6.45) is 4.66. The standard InChI is InChI=1S/C20H33NO3/c1-6-9-14-23-18-11-10-17(15-16(18)4)21-19(22)20(5,12-7-2)24-13-8-3/h10-11,15H,6-9,12-14H2,1-5H3,(H,21,22)/t20-/m1/s1. The third-order valence-electron chi connectivity index (χ3n) is 4.02. The van der Waals surface area contributed by atoms with E-state index in [1.54, 1.807) is 0 Å². The summed E-state index contributed by atoms with van der Waals surface area (Å²) in [5.41, 5.74) is 1.02. The van der Waals surface area contributed by atoms with E-state index in [-0.39, 0.29) is 5.91 Å². The van der Waals surface area contributed by atoms with Crippen molar-refractivity contribution in [2.45, 2.75) is 72.3 Å². The Morgan fingerprint density at radius 2 is 1.88 bits per heavy atom. The van der Waals surface area contributed by atoms with Gasteiger partial charge >= 0.3 is 0 Å². The van der Waals surface area contributed by atoms with Crippen LogP contribution in [-0.4, -0.2) is 24.7 Å². The zero-order valence-electron chi connectivity index (χ0n) is 15.9. The maximum atomic E-state index is 12.7. The minimum atomic E-state index is -0.783. The highest BCUT2D eigenvalue weighted by Gasteiger charge is 2.33. The van der Waals surface area contributed by atoms with E-state index in [2.05, 4.69) is 19.2 Å². The van der Waals surface area contributed by atoms with Crippen molar-refractivity contribution in [3.05, 3.63) is 23.8 Å². The van der Waals surface area contributed by atoms with E-state index in [4.69, 9.17) is 9.47 Å². The SMILES string of the molecule is CCCCOc1ccc(NC(=O)[C@@](C)(CCC)OCCC)cc1C. The molecule has 0 spiro atoms. The summed E-state index contributed by atoms with van der Waals surface area (Å²) in [6, 6.07) is 5.76. The lowest BCUT2D eigenvalue weighted by Gasteiger charge is -2.28. The first kappa shape index (κ1) is 20.5. The Morgan fingerprint density at radius 1 is 1.12 bits per heavy atom. The highest BCUT2D eigenvalue weighted by Crippen LogP contribution is 2.25. The molecule has 1 atom stereocenters. The Morgan fingerprint density at radius 3 is 2.46 bits per heavy atom. The van der Waals surface area contributed by atoms with Crippen LogP contribution in [0.25, 0.3) is 0 Å². The Hall–Kier alpha value is -1.55. The minimum Gasteiger partial charge on any atom is -0.493 e. The quantitative estimate of drug-likeness (QED) is 0.572. The van der Waals surface area contributed by atoms with E-state index in [0.29, 0.717) is 13.0 Å². The maximum Gasteiger partial charge on any atom is 0.256 e. The molecular formula is C20H33NO3. The minimum absolute atomic E-state index is 0.0862. The second-order valence-corrected chi connectivity index (χ2v) is 6.47. The average Bonchev–Trinajstić information content (AvgIpc) is 2.55. The summed E-state index contributed by atoms with van der Waals surface area (Å²) in [5.74, 6) is 0.789. The number of hydrogen-bond donors (Lipinski definition) is 1. The molecular weight excluding hydrogens is 302 g/mol. The van der Waals surface area contributed by atoms with Crippen LogP contribution >= 0.6 is 0 Å². The first-order valence-corrected chi connectivity index (χ1v) is 9.15. The fourth-order valence-corrected chi connectivity index (χ4v) is 2.53. The number of aryl methyl sites for hydroxylation is 1. The van der Waals surface area contributed by atoms with Crippen molar-refractivity contribution in [1.29, 1.82) is 0 Å². The lowest BCUT2D eigenvalue weighted by Crippen LogP contribution is -2.43. The van der Waals surface area contributed by atoms with Gasteiger partial charge < -0.3 is 14.8 Å². The van der Waals surface area contributed by atoms with Crippen LogP contribution in [0.15, 0.2) is 18.2 Å². The average molecular weight is 335 g/mol. The van der Waals surface area contributed by atoms with Crippen molar-refractivity contribution in [3.63, 3.8) is 0 Å². The van der Waals surface area contributed by atoms with Crippen molar-refractivity contribution >= 4 is 11.6 Å². The highest BCUT2D eigenvalue weighted by molar-refractivity contribution is 5.97. The van der Waals surface area contributed by atoms with Crippen LogP contribution in [0.5, 0.6) is 5.75 Å². The van der Waals surface area contributed by atoms with Gasteiger partial charge in [0.05, 0.1) is 6.61 Å². The van der Waals surface area contributed by atoms with E-state index in [1.807, 2.05) is 39.0 Å². The number of amides is 1. The van der Waals surface area contributed by atoms with Gasteiger partial charge in [-0.15, -0.1) is 0 Å². The Labute approximate surface area is 146 Å². The van der Waals surface area contributed by atoms with Crippen LogP contribution in [0.1, 0.15) is 65.4 Å². The number of hydrogen-bond acceptors (Lipinski definition) is 3. The molecule has 0 aliphatic heterocycles. The molecule has 0 unspecified atom stereocenters. The second kappa shape index (κ2) is 10.3. The van der Waals surface area contributed by atoms with Gasteiger partial charge in [-0.25, -0.2) is 0 Å². The molecule has 0 aromatic heterocycles. The van der Waals surface area contributed by atoms with Gasteiger partial charge in [0.1, 0.15) is 11.4 Å². The molecule has 1 amide bonds. The highest BCUT2D eigenvalue weighted by atomic mass is 16.5. The molecule has 0 saturated heterocycles. The smallest absolute Gasteiger partial charge is 0.256 e. The number of anilines is 1. The van der Waals surface area contributed by atoms with Crippen LogP contribution in [0.4, 0.5) is 5.69 Å². The molecule has 1 aromatic rings. The lowest BCUT2D eigenvalue weighted by atomic mass is 9.98. The number of ether oxygens (including phenoxy) is 2. The lowest BCUT2D eigenvalue weighted by molar-refractivity contribution is -0.140. The molecule has 0 aliphatic carbocycles. The van der Waals surface area contributed by atoms with Crippen LogP contribution in [0.2, 0.25) is 0 Å². The number of carbonyl (C=O) groups is 1. The van der Waals surface area contributed by atoms with E-state index in [9.17, 15) is 4.79 Å². The first-order chi connectivity index (χ1) is 11.5. The molecule has 0 heterocycles. The molecule has 0 bridgehead atoms. The number of carbonyl (C=O) groups excluding carboxylic acids is 1. The van der Waals surface area contributed by atoms with Gasteiger partial charge in [0.15, 0.2) is 0 Å². The van der Waals surface area contributed by atoms with Crippen LogP contribution < -0.4 is 10.1 Å². The van der Waals surface area contributed by atoms with E-state index in [1.165, 1.54) is 0 Å². The fraction of sp³-hybridized carbons (Fsp3) is 0.650. The largest absolute Gasteiger partial charge is 0.493 e.